The van der Waals surface area contributed by atoms with Crippen LogP contribution in [-0.2, 0) is 0 Å². The molecule has 1 aromatic heterocycles. The first-order valence-electron chi connectivity index (χ1n) is 3.16. The van der Waals surface area contributed by atoms with Crippen LogP contribution in [0.3, 0.4) is 0 Å². The van der Waals surface area contributed by atoms with Crippen molar-refractivity contribution in [2.45, 2.75) is 5.03 Å². The first-order valence-corrected chi connectivity index (χ1v) is 4.57. The topological polar surface area (TPSA) is 42.2 Å². The summed E-state index contributed by atoms with van der Waals surface area (Å²) in [6.07, 6.45) is 3.66. The molecule has 1 aliphatic rings. The Morgan fingerprint density at radius 1 is 1.64 bits per heavy atom. The zero-order valence-corrected chi connectivity index (χ0v) is 6.53. The second-order valence-corrected chi connectivity index (χ2v) is 4.10. The number of rotatable bonds is 0. The average Bonchev–Trinajstić information content (AvgIpc) is 2.41. The van der Waals surface area contributed by atoms with Gasteiger partial charge in [-0.1, -0.05) is 10.9 Å². The predicted molar refractivity (Wildman–Crippen MR) is 45.0 cm³/mol. The first kappa shape index (κ1) is 6.54. The van der Waals surface area contributed by atoms with Gasteiger partial charge in [-0.25, -0.2) is 4.79 Å². The third-order valence-electron chi connectivity index (χ3n) is 1.59. The van der Waals surface area contributed by atoms with Crippen LogP contribution in [0.15, 0.2) is 28.8 Å². The van der Waals surface area contributed by atoms with Crippen molar-refractivity contribution in [1.29, 1.82) is 0 Å². The molecule has 2 heterocycles. The molecule has 1 atom stereocenters. The number of hydrogen-bond donors (Lipinski definition) is 2. The van der Waals surface area contributed by atoms with Gasteiger partial charge >= 0.3 is 5.30 Å². The molecule has 0 radical (unpaired) electrons. The molecule has 1 N–H and O–H groups in total. The second-order valence-electron chi connectivity index (χ2n) is 2.22. The van der Waals surface area contributed by atoms with Crippen LogP contribution >= 0.6 is 10.9 Å². The molecule has 11 heavy (non-hydrogen) atoms. The number of thiol groups is 1. The van der Waals surface area contributed by atoms with Crippen LogP contribution < -0.4 is 0 Å². The predicted octanol–water partition coefficient (Wildman–Crippen LogP) is 1.97. The van der Waals surface area contributed by atoms with Crippen molar-refractivity contribution < 1.29 is 9.90 Å². The van der Waals surface area contributed by atoms with E-state index in [9.17, 15) is 4.79 Å². The van der Waals surface area contributed by atoms with Gasteiger partial charge in [0.25, 0.3) is 0 Å². The molecule has 2 rings (SSSR count). The first-order chi connectivity index (χ1) is 5.29. The molecule has 3 nitrogen and oxygen atoms in total. The lowest BCUT2D eigenvalue weighted by Crippen LogP contribution is -1.91. The summed E-state index contributed by atoms with van der Waals surface area (Å²) in [5.41, 5.74) is 0. The van der Waals surface area contributed by atoms with E-state index in [4.69, 9.17) is 5.11 Å². The summed E-state index contributed by atoms with van der Waals surface area (Å²) in [4.78, 5) is 10.6. The van der Waals surface area contributed by atoms with Gasteiger partial charge in [-0.2, -0.15) is 0 Å². The molecule has 58 valence electrons. The van der Waals surface area contributed by atoms with Crippen molar-refractivity contribution in [1.82, 2.24) is 4.57 Å². The minimum atomic E-state index is -1.08. The van der Waals surface area contributed by atoms with E-state index < -0.39 is 16.2 Å². The van der Waals surface area contributed by atoms with Gasteiger partial charge in [0.2, 0.25) is 0 Å². The van der Waals surface area contributed by atoms with Crippen LogP contribution in [-0.4, -0.2) is 15.0 Å². The van der Waals surface area contributed by atoms with E-state index in [-0.39, 0.29) is 0 Å². The molecule has 1 unspecified atom stereocenters. The monoisotopic (exact) mass is 169 g/mol. The highest BCUT2D eigenvalue weighted by molar-refractivity contribution is 8.32. The Hall–Kier alpha value is -1.16. The van der Waals surface area contributed by atoms with E-state index in [1.165, 1.54) is 0 Å². The Balaban J connectivity index is 2.46. The molecule has 0 fully saturated rings. The Labute approximate surface area is 66.3 Å². The quantitative estimate of drug-likeness (QED) is 0.583. The fourth-order valence-electron chi connectivity index (χ4n) is 1.09. The molecule has 1 aromatic rings. The van der Waals surface area contributed by atoms with E-state index in [2.05, 4.69) is 0 Å². The molecule has 0 spiro atoms. The van der Waals surface area contributed by atoms with Crippen LogP contribution in [0.1, 0.15) is 0 Å². The molecule has 4 heteroatoms. The maximum absolute atomic E-state index is 10.6. The van der Waals surface area contributed by atoms with Crippen LogP contribution in [0.5, 0.6) is 0 Å². The standard InChI is InChI=1S/C7H7NO2S/c9-7(10)11-5-4-8-3-1-2-6(8)11/h1-5,11H,(H,9,10). The molecule has 0 bridgehead atoms. The Morgan fingerprint density at radius 2 is 2.45 bits per heavy atom. The third-order valence-corrected chi connectivity index (χ3v) is 3.30. The SMILES string of the molecule is O=C(O)[SH]1C=Cn2cccc21. The van der Waals surface area contributed by atoms with Crippen molar-refractivity contribution in [2.24, 2.45) is 0 Å². The summed E-state index contributed by atoms with van der Waals surface area (Å²) in [7, 11) is -1.08. The number of carboxylic acid groups (broad SMARTS) is 1. The van der Waals surface area contributed by atoms with Gasteiger partial charge in [0.1, 0.15) is 0 Å². The van der Waals surface area contributed by atoms with E-state index in [1.807, 2.05) is 22.9 Å². The van der Waals surface area contributed by atoms with Crippen molar-refractivity contribution in [2.75, 3.05) is 0 Å². The number of aromatic nitrogens is 1. The van der Waals surface area contributed by atoms with Gasteiger partial charge in [0.15, 0.2) is 0 Å². The van der Waals surface area contributed by atoms with Gasteiger partial charge < -0.3 is 9.67 Å². The normalized spacial score (nSPS) is 23.5. The second kappa shape index (κ2) is 2.17. The van der Waals surface area contributed by atoms with Gasteiger partial charge in [-0.15, -0.1) is 0 Å². The number of hydrogen-bond acceptors (Lipinski definition) is 1. The minimum Gasteiger partial charge on any atom is -0.474 e. The van der Waals surface area contributed by atoms with Crippen molar-refractivity contribution in [3.05, 3.63) is 23.7 Å². The third kappa shape index (κ3) is 0.867. The average molecular weight is 169 g/mol. The summed E-state index contributed by atoms with van der Waals surface area (Å²) in [6.45, 7) is 0. The lowest BCUT2D eigenvalue weighted by Gasteiger charge is -2.04. The van der Waals surface area contributed by atoms with Gasteiger partial charge in [0, 0.05) is 12.4 Å². The highest BCUT2D eigenvalue weighted by Gasteiger charge is 2.18. The lowest BCUT2D eigenvalue weighted by atomic mass is 10.7. The molecule has 0 aromatic carbocycles. The number of carbonyl (C=O) groups is 1. The van der Waals surface area contributed by atoms with Crippen LogP contribution in [0.4, 0.5) is 4.79 Å². The summed E-state index contributed by atoms with van der Waals surface area (Å²) < 4.78 is 1.85. The number of nitrogens with zero attached hydrogens (tertiary/aromatic N) is 1. The maximum Gasteiger partial charge on any atom is 0.353 e. The molecule has 0 amide bonds. The molecule has 0 saturated carbocycles. The van der Waals surface area contributed by atoms with E-state index in [0.29, 0.717) is 0 Å². The van der Waals surface area contributed by atoms with Crippen molar-refractivity contribution in [3.63, 3.8) is 0 Å². The molecular weight excluding hydrogens is 162 g/mol. The smallest absolute Gasteiger partial charge is 0.353 e. The van der Waals surface area contributed by atoms with Crippen LogP contribution in [0, 0.1) is 0 Å². The summed E-state index contributed by atoms with van der Waals surface area (Å²) in [5, 5.41) is 10.7. The van der Waals surface area contributed by atoms with E-state index >= 15 is 0 Å². The van der Waals surface area contributed by atoms with Crippen LogP contribution in [0.2, 0.25) is 0 Å². The fourth-order valence-corrected chi connectivity index (χ4v) is 2.47. The fraction of sp³-hybridized carbons (Fsp3) is 0. The molecule has 0 saturated heterocycles. The lowest BCUT2D eigenvalue weighted by molar-refractivity contribution is 0.222. The van der Waals surface area contributed by atoms with Crippen molar-refractivity contribution in [3.8, 4) is 0 Å². The minimum absolute atomic E-state index is 0.728. The highest BCUT2D eigenvalue weighted by Crippen LogP contribution is 2.42. The molecular formula is C7H7NO2S. The summed E-state index contributed by atoms with van der Waals surface area (Å²) in [6, 6.07) is 3.71. The number of fused-ring (bicyclic) bond motifs is 1. The zero-order valence-electron chi connectivity index (χ0n) is 5.64. The van der Waals surface area contributed by atoms with Crippen LogP contribution in [0.25, 0.3) is 6.20 Å². The Morgan fingerprint density at radius 3 is 3.18 bits per heavy atom. The van der Waals surface area contributed by atoms with Crippen molar-refractivity contribution >= 4 is 22.4 Å². The zero-order chi connectivity index (χ0) is 7.84. The van der Waals surface area contributed by atoms with Gasteiger partial charge in [0.05, 0.1) is 5.03 Å². The highest BCUT2D eigenvalue weighted by atomic mass is 32.2. The molecule has 1 aliphatic heterocycles. The van der Waals surface area contributed by atoms with Gasteiger partial charge in [-0.3, -0.25) is 0 Å². The van der Waals surface area contributed by atoms with E-state index in [1.54, 1.807) is 11.6 Å². The van der Waals surface area contributed by atoms with Gasteiger partial charge in [-0.05, 0) is 17.5 Å². The largest absolute Gasteiger partial charge is 0.474 e. The summed E-state index contributed by atoms with van der Waals surface area (Å²) in [5.74, 6) is 0. The van der Waals surface area contributed by atoms with E-state index in [0.717, 1.165) is 5.03 Å². The Bertz CT molecular complexity index is 329. The molecule has 0 aliphatic carbocycles. The maximum atomic E-state index is 10.6. The summed E-state index contributed by atoms with van der Waals surface area (Å²) >= 11 is 0. The Kier molecular flexibility index (Phi) is 1.29.